The quantitative estimate of drug-likeness (QED) is 0.561. The van der Waals surface area contributed by atoms with Crippen LogP contribution in [0, 0.1) is 0 Å². The molecule has 1 atom stereocenters. The lowest BCUT2D eigenvalue weighted by Gasteiger charge is -2.35. The van der Waals surface area contributed by atoms with Crippen molar-refractivity contribution in [2.45, 2.75) is 51.3 Å². The van der Waals surface area contributed by atoms with Crippen LogP contribution in [0.25, 0.3) is 0 Å². The standard InChI is InChI=1S/C23H31ClN4O5/c1-23(2,3)33-22(31)25-14-9-11-28(12-10-14)13-17-18(20(29)32-4)19(27-21(30)26-17)15-7-5-6-8-16(15)24/h5-8,14,19H,9-13H2,1-4H3,(H,25,31)(H2,26,27,30)/t19-/m0/s1. The highest BCUT2D eigenvalue weighted by molar-refractivity contribution is 6.31. The molecular formula is C23H31ClN4O5. The molecule has 0 radical (unpaired) electrons. The van der Waals surface area contributed by atoms with Crippen molar-refractivity contribution in [1.29, 1.82) is 0 Å². The van der Waals surface area contributed by atoms with E-state index >= 15 is 0 Å². The fourth-order valence-corrected chi connectivity index (χ4v) is 4.21. The van der Waals surface area contributed by atoms with Crippen LogP contribution in [0.4, 0.5) is 9.59 Å². The second-order valence-corrected chi connectivity index (χ2v) is 9.54. The molecule has 0 spiro atoms. The molecule has 1 fully saturated rings. The highest BCUT2D eigenvalue weighted by Gasteiger charge is 2.35. The Hall–Kier alpha value is -2.78. The summed E-state index contributed by atoms with van der Waals surface area (Å²) in [6.07, 6.45) is 1.02. The summed E-state index contributed by atoms with van der Waals surface area (Å²) in [7, 11) is 1.31. The molecule has 0 saturated carbocycles. The van der Waals surface area contributed by atoms with Crippen LogP contribution in [0.5, 0.6) is 0 Å². The van der Waals surface area contributed by atoms with Gasteiger partial charge in [0.05, 0.1) is 18.7 Å². The third-order valence-corrected chi connectivity index (χ3v) is 5.81. The zero-order valence-corrected chi connectivity index (χ0v) is 20.1. The van der Waals surface area contributed by atoms with Gasteiger partial charge in [-0.2, -0.15) is 0 Å². The number of urea groups is 1. The number of halogens is 1. The van der Waals surface area contributed by atoms with E-state index in [-0.39, 0.29) is 6.04 Å². The van der Waals surface area contributed by atoms with E-state index in [0.29, 0.717) is 41.5 Å². The van der Waals surface area contributed by atoms with Crippen LogP contribution in [-0.2, 0) is 14.3 Å². The van der Waals surface area contributed by atoms with Crippen molar-refractivity contribution < 1.29 is 23.9 Å². The molecule has 2 aliphatic rings. The van der Waals surface area contributed by atoms with E-state index in [0.717, 1.165) is 12.8 Å². The number of carbonyl (C=O) groups is 3. The molecule has 2 aliphatic heterocycles. The predicted molar refractivity (Wildman–Crippen MR) is 124 cm³/mol. The average Bonchev–Trinajstić information content (AvgIpc) is 2.73. The van der Waals surface area contributed by atoms with Gasteiger partial charge in [-0.15, -0.1) is 0 Å². The second-order valence-electron chi connectivity index (χ2n) is 9.13. The molecular weight excluding hydrogens is 448 g/mol. The molecule has 9 nitrogen and oxygen atoms in total. The lowest BCUT2D eigenvalue weighted by Crippen LogP contribution is -2.50. The molecule has 0 aromatic heterocycles. The number of esters is 1. The first-order valence-corrected chi connectivity index (χ1v) is 11.3. The number of piperidine rings is 1. The minimum Gasteiger partial charge on any atom is -0.466 e. The number of likely N-dealkylation sites (tertiary alicyclic amines) is 1. The predicted octanol–water partition coefficient (Wildman–Crippen LogP) is 3.11. The van der Waals surface area contributed by atoms with Crippen molar-refractivity contribution >= 4 is 29.7 Å². The molecule has 10 heteroatoms. The second kappa shape index (κ2) is 10.4. The average molecular weight is 479 g/mol. The molecule has 1 aromatic carbocycles. The molecule has 1 saturated heterocycles. The largest absolute Gasteiger partial charge is 0.466 e. The Balaban J connectivity index is 1.73. The first-order chi connectivity index (χ1) is 15.6. The van der Waals surface area contributed by atoms with Crippen LogP contribution in [0.15, 0.2) is 35.5 Å². The summed E-state index contributed by atoms with van der Waals surface area (Å²) in [4.78, 5) is 39.3. The zero-order valence-electron chi connectivity index (χ0n) is 19.4. The Morgan fingerprint density at radius 3 is 2.48 bits per heavy atom. The number of nitrogens with zero attached hydrogens (tertiary/aromatic N) is 1. The minimum absolute atomic E-state index is 0.00337. The first-order valence-electron chi connectivity index (χ1n) is 10.9. The van der Waals surface area contributed by atoms with Crippen LogP contribution in [0.2, 0.25) is 5.02 Å². The maximum atomic E-state index is 12.7. The van der Waals surface area contributed by atoms with Gasteiger partial charge in [-0.3, -0.25) is 4.90 Å². The van der Waals surface area contributed by atoms with Gasteiger partial charge in [0, 0.05) is 36.4 Å². The lowest BCUT2D eigenvalue weighted by atomic mass is 9.94. The first kappa shape index (κ1) is 24.9. The van der Waals surface area contributed by atoms with Crippen molar-refractivity contribution in [3.05, 3.63) is 46.1 Å². The highest BCUT2D eigenvalue weighted by atomic mass is 35.5. The van der Waals surface area contributed by atoms with Crippen LogP contribution in [0.1, 0.15) is 45.2 Å². The molecule has 0 aliphatic carbocycles. The van der Waals surface area contributed by atoms with Gasteiger partial charge in [0.2, 0.25) is 0 Å². The van der Waals surface area contributed by atoms with Gasteiger partial charge in [0.15, 0.2) is 0 Å². The molecule has 3 amide bonds. The Labute approximate surface area is 198 Å². The van der Waals surface area contributed by atoms with E-state index in [9.17, 15) is 14.4 Å². The van der Waals surface area contributed by atoms with Crippen LogP contribution >= 0.6 is 11.6 Å². The molecule has 2 heterocycles. The number of benzene rings is 1. The molecule has 180 valence electrons. The van der Waals surface area contributed by atoms with E-state index in [1.165, 1.54) is 7.11 Å². The fraction of sp³-hybridized carbons (Fsp3) is 0.522. The van der Waals surface area contributed by atoms with Crippen molar-refractivity contribution in [3.63, 3.8) is 0 Å². The van der Waals surface area contributed by atoms with Crippen LogP contribution in [0.3, 0.4) is 0 Å². The molecule has 1 aromatic rings. The summed E-state index contributed by atoms with van der Waals surface area (Å²) in [5.41, 5.74) is 0.868. The van der Waals surface area contributed by atoms with E-state index < -0.39 is 29.7 Å². The van der Waals surface area contributed by atoms with E-state index in [4.69, 9.17) is 21.1 Å². The molecule has 33 heavy (non-hydrogen) atoms. The number of nitrogens with one attached hydrogen (secondary N) is 3. The summed E-state index contributed by atoms with van der Waals surface area (Å²) >= 11 is 6.35. The number of amides is 3. The van der Waals surface area contributed by atoms with Crippen molar-refractivity contribution in [2.75, 3.05) is 26.7 Å². The van der Waals surface area contributed by atoms with E-state index in [2.05, 4.69) is 20.9 Å². The number of ether oxygens (including phenoxy) is 2. The van der Waals surface area contributed by atoms with E-state index in [1.807, 2.05) is 20.8 Å². The number of methoxy groups -OCH3 is 1. The van der Waals surface area contributed by atoms with E-state index in [1.54, 1.807) is 24.3 Å². The van der Waals surface area contributed by atoms with Gasteiger partial charge in [-0.25, -0.2) is 14.4 Å². The summed E-state index contributed by atoms with van der Waals surface area (Å²) in [5.74, 6) is -0.538. The summed E-state index contributed by atoms with van der Waals surface area (Å²) in [6, 6.07) is 5.93. The Bertz CT molecular complexity index is 935. The smallest absolute Gasteiger partial charge is 0.407 e. The van der Waals surface area contributed by atoms with Crippen molar-refractivity contribution in [2.24, 2.45) is 0 Å². The molecule has 3 rings (SSSR count). The summed E-state index contributed by atoms with van der Waals surface area (Å²) < 4.78 is 10.4. The molecule has 3 N–H and O–H groups in total. The van der Waals surface area contributed by atoms with Gasteiger partial charge < -0.3 is 25.4 Å². The monoisotopic (exact) mass is 478 g/mol. The minimum atomic E-state index is -0.721. The Kier molecular flexibility index (Phi) is 7.86. The maximum Gasteiger partial charge on any atom is 0.407 e. The zero-order chi connectivity index (χ0) is 24.2. The van der Waals surface area contributed by atoms with Crippen LogP contribution in [-0.4, -0.2) is 61.4 Å². The number of hydrogen-bond acceptors (Lipinski definition) is 6. The van der Waals surface area contributed by atoms with Gasteiger partial charge in [-0.05, 0) is 45.2 Å². The fourth-order valence-electron chi connectivity index (χ4n) is 3.97. The Morgan fingerprint density at radius 2 is 1.88 bits per heavy atom. The number of carbonyl (C=O) groups excluding carboxylic acids is 3. The summed E-state index contributed by atoms with van der Waals surface area (Å²) in [5, 5.41) is 8.90. The van der Waals surface area contributed by atoms with Gasteiger partial charge in [0.1, 0.15) is 5.60 Å². The topological polar surface area (TPSA) is 109 Å². The number of hydrogen-bond donors (Lipinski definition) is 3. The SMILES string of the molecule is COC(=O)C1=C(CN2CCC(NC(=O)OC(C)(C)C)CC2)NC(=O)N[C@H]1c1ccccc1Cl. The lowest BCUT2D eigenvalue weighted by molar-refractivity contribution is -0.136. The number of rotatable bonds is 5. The van der Waals surface area contributed by atoms with Gasteiger partial charge in [0.25, 0.3) is 0 Å². The maximum absolute atomic E-state index is 12.7. The molecule has 0 bridgehead atoms. The van der Waals surface area contributed by atoms with Crippen molar-refractivity contribution in [3.8, 4) is 0 Å². The van der Waals surface area contributed by atoms with Crippen LogP contribution < -0.4 is 16.0 Å². The summed E-state index contributed by atoms with van der Waals surface area (Å²) in [6.45, 7) is 7.19. The van der Waals surface area contributed by atoms with Gasteiger partial charge >= 0.3 is 18.1 Å². The third kappa shape index (κ3) is 6.61. The van der Waals surface area contributed by atoms with Gasteiger partial charge in [-0.1, -0.05) is 29.8 Å². The third-order valence-electron chi connectivity index (χ3n) is 5.47. The highest BCUT2D eigenvalue weighted by Crippen LogP contribution is 2.32. The normalized spacial score (nSPS) is 20.0. The number of alkyl carbamates (subject to hydrolysis) is 1. The molecule has 0 unspecified atom stereocenters. The van der Waals surface area contributed by atoms with Crippen molar-refractivity contribution in [1.82, 2.24) is 20.9 Å². The Morgan fingerprint density at radius 1 is 1.21 bits per heavy atom.